The summed E-state index contributed by atoms with van der Waals surface area (Å²) >= 11 is 0. The third-order valence-corrected chi connectivity index (χ3v) is 6.94. The fraction of sp³-hybridized carbons (Fsp3) is 0.290. The second-order valence-corrected chi connectivity index (χ2v) is 9.78. The average Bonchev–Trinajstić information content (AvgIpc) is 2.94. The first-order chi connectivity index (χ1) is 18.7. The van der Waals surface area contributed by atoms with Crippen LogP contribution in [0.1, 0.15) is 46.3 Å². The normalized spacial score (nSPS) is 22.5. The molecule has 3 aromatic carbocycles. The van der Waals surface area contributed by atoms with E-state index in [2.05, 4.69) is 0 Å². The van der Waals surface area contributed by atoms with Gasteiger partial charge in [0.05, 0.1) is 24.2 Å². The van der Waals surface area contributed by atoms with Gasteiger partial charge in [0.2, 0.25) is 0 Å². The van der Waals surface area contributed by atoms with Gasteiger partial charge in [0.15, 0.2) is 5.78 Å². The van der Waals surface area contributed by atoms with Gasteiger partial charge in [-0.2, -0.15) is 0 Å². The number of ketones is 1. The molecule has 0 saturated heterocycles. The molecule has 0 bridgehead atoms. The van der Waals surface area contributed by atoms with Crippen LogP contribution in [0.5, 0.6) is 0 Å². The summed E-state index contributed by atoms with van der Waals surface area (Å²) < 4.78 is 15.9. The molecule has 8 heteroatoms. The minimum Gasteiger partial charge on any atom is -0.465 e. The second kappa shape index (κ2) is 12.0. The Hall–Kier alpha value is -4.30. The number of ether oxygens (including phenoxy) is 3. The zero-order chi connectivity index (χ0) is 28.0. The Morgan fingerprint density at radius 2 is 1.33 bits per heavy atom. The maximum atomic E-state index is 13.5. The number of Topliss-reactive ketones (excluding diaryl/α,β-unsaturated/α-hetero) is 1. The standard InChI is InChI=1S/C31H30O8/c1-31(36)17-24(32)26(29(34)38-18-20-9-5-3-6-10-20)25(22-13-15-23(16-14-22)28(33)37-2)27(31)30(35)39-19-21-11-7-4-8-12-21/h3-16,25-27,36H,17-19H2,1-2H3/t25-,26-,27-,31+/m1/s1. The molecule has 1 aliphatic carbocycles. The number of methoxy groups -OCH3 is 1. The van der Waals surface area contributed by atoms with Gasteiger partial charge >= 0.3 is 17.9 Å². The van der Waals surface area contributed by atoms with Crippen molar-refractivity contribution in [3.05, 3.63) is 107 Å². The third-order valence-electron chi connectivity index (χ3n) is 6.94. The van der Waals surface area contributed by atoms with Gasteiger partial charge in [-0.1, -0.05) is 72.8 Å². The highest BCUT2D eigenvalue weighted by atomic mass is 16.5. The summed E-state index contributed by atoms with van der Waals surface area (Å²) in [6.45, 7) is 1.29. The number of hydrogen-bond donors (Lipinski definition) is 1. The number of rotatable bonds is 8. The predicted molar refractivity (Wildman–Crippen MR) is 140 cm³/mol. The molecule has 4 rings (SSSR count). The van der Waals surface area contributed by atoms with Gasteiger partial charge in [0.1, 0.15) is 19.1 Å². The Morgan fingerprint density at radius 3 is 1.85 bits per heavy atom. The Labute approximate surface area is 226 Å². The molecular formula is C31H30O8. The van der Waals surface area contributed by atoms with Gasteiger partial charge in [0.25, 0.3) is 0 Å². The first-order valence-corrected chi connectivity index (χ1v) is 12.6. The zero-order valence-electron chi connectivity index (χ0n) is 21.7. The van der Waals surface area contributed by atoms with Gasteiger partial charge in [0, 0.05) is 12.3 Å². The molecule has 0 aliphatic heterocycles. The highest BCUT2D eigenvalue weighted by Gasteiger charge is 2.57. The molecule has 0 spiro atoms. The lowest BCUT2D eigenvalue weighted by Gasteiger charge is -2.43. The molecule has 1 aliphatic rings. The minimum absolute atomic E-state index is 0.0443. The lowest BCUT2D eigenvalue weighted by molar-refractivity contribution is -0.174. The molecule has 1 N–H and O–H groups in total. The van der Waals surface area contributed by atoms with Crippen LogP contribution in [0, 0.1) is 11.8 Å². The van der Waals surface area contributed by atoms with E-state index in [1.807, 2.05) is 24.3 Å². The van der Waals surface area contributed by atoms with Crippen molar-refractivity contribution in [2.24, 2.45) is 11.8 Å². The fourth-order valence-corrected chi connectivity index (χ4v) is 5.01. The van der Waals surface area contributed by atoms with Crippen molar-refractivity contribution >= 4 is 23.7 Å². The van der Waals surface area contributed by atoms with E-state index in [0.29, 0.717) is 5.56 Å². The molecule has 202 valence electrons. The summed E-state index contributed by atoms with van der Waals surface area (Å²) in [6.07, 6.45) is -0.431. The monoisotopic (exact) mass is 530 g/mol. The van der Waals surface area contributed by atoms with Gasteiger partial charge < -0.3 is 19.3 Å². The first-order valence-electron chi connectivity index (χ1n) is 12.6. The van der Waals surface area contributed by atoms with Crippen LogP contribution < -0.4 is 0 Å². The number of hydrogen-bond acceptors (Lipinski definition) is 8. The molecule has 3 aromatic rings. The summed E-state index contributed by atoms with van der Waals surface area (Å²) in [4.78, 5) is 52.2. The van der Waals surface area contributed by atoms with E-state index in [1.54, 1.807) is 48.5 Å². The maximum Gasteiger partial charge on any atom is 0.337 e. The Balaban J connectivity index is 1.69. The quantitative estimate of drug-likeness (QED) is 0.264. The summed E-state index contributed by atoms with van der Waals surface area (Å²) in [7, 11) is 1.25. The Kier molecular flexibility index (Phi) is 8.56. The smallest absolute Gasteiger partial charge is 0.337 e. The summed E-state index contributed by atoms with van der Waals surface area (Å²) in [5.41, 5.74) is 0.335. The van der Waals surface area contributed by atoms with E-state index in [1.165, 1.54) is 26.2 Å². The molecule has 0 unspecified atom stereocenters. The van der Waals surface area contributed by atoms with Crippen molar-refractivity contribution in [3.63, 3.8) is 0 Å². The highest BCUT2D eigenvalue weighted by molar-refractivity contribution is 6.03. The molecule has 8 nitrogen and oxygen atoms in total. The Bertz CT molecular complexity index is 1320. The Morgan fingerprint density at radius 1 is 0.821 bits per heavy atom. The van der Waals surface area contributed by atoms with Gasteiger partial charge in [-0.05, 0) is 35.7 Å². The maximum absolute atomic E-state index is 13.5. The van der Waals surface area contributed by atoms with E-state index in [9.17, 15) is 24.3 Å². The zero-order valence-corrected chi connectivity index (χ0v) is 21.7. The molecule has 0 aromatic heterocycles. The minimum atomic E-state index is -1.80. The second-order valence-electron chi connectivity index (χ2n) is 9.78. The summed E-state index contributed by atoms with van der Waals surface area (Å²) in [5, 5.41) is 11.3. The highest BCUT2D eigenvalue weighted by Crippen LogP contribution is 2.47. The summed E-state index contributed by atoms with van der Waals surface area (Å²) in [6, 6.07) is 24.1. The van der Waals surface area contributed by atoms with E-state index in [-0.39, 0.29) is 18.8 Å². The van der Waals surface area contributed by atoms with Crippen LogP contribution in [-0.4, -0.2) is 41.5 Å². The third kappa shape index (κ3) is 6.41. The molecule has 1 saturated carbocycles. The molecule has 4 atom stereocenters. The van der Waals surface area contributed by atoms with Crippen LogP contribution in [0.2, 0.25) is 0 Å². The van der Waals surface area contributed by atoms with Crippen molar-refractivity contribution in [2.45, 2.75) is 38.1 Å². The number of benzene rings is 3. The van der Waals surface area contributed by atoms with E-state index >= 15 is 0 Å². The van der Waals surface area contributed by atoms with Crippen molar-refractivity contribution in [1.29, 1.82) is 0 Å². The SMILES string of the molecule is COC(=O)c1ccc([C@@H]2[C@H](C(=O)OCc3ccccc3)C(=O)C[C@](C)(O)[C@H]2C(=O)OCc2ccccc2)cc1. The van der Waals surface area contributed by atoms with Crippen LogP contribution >= 0.6 is 0 Å². The number of esters is 3. The molecule has 1 fully saturated rings. The molecule has 0 radical (unpaired) electrons. The van der Waals surface area contributed by atoms with Crippen molar-refractivity contribution in [1.82, 2.24) is 0 Å². The lowest BCUT2D eigenvalue weighted by Crippen LogP contribution is -2.55. The topological polar surface area (TPSA) is 116 Å². The van der Waals surface area contributed by atoms with Crippen LogP contribution in [-0.2, 0) is 41.8 Å². The van der Waals surface area contributed by atoms with Crippen LogP contribution in [0.25, 0.3) is 0 Å². The first kappa shape index (κ1) is 27.7. The van der Waals surface area contributed by atoms with E-state index < -0.39 is 53.5 Å². The molecule has 0 heterocycles. The predicted octanol–water partition coefficient (Wildman–Crippen LogP) is 4.00. The number of carbonyl (C=O) groups excluding carboxylic acids is 4. The lowest BCUT2D eigenvalue weighted by atomic mass is 9.61. The number of carbonyl (C=O) groups is 4. The van der Waals surface area contributed by atoms with Gasteiger partial charge in [-0.15, -0.1) is 0 Å². The van der Waals surface area contributed by atoms with E-state index in [0.717, 1.165) is 11.1 Å². The van der Waals surface area contributed by atoms with Crippen molar-refractivity contribution in [2.75, 3.05) is 7.11 Å². The number of aliphatic hydroxyl groups is 1. The average molecular weight is 531 g/mol. The molecule has 0 amide bonds. The van der Waals surface area contributed by atoms with Crippen LogP contribution in [0.4, 0.5) is 0 Å². The molecular weight excluding hydrogens is 500 g/mol. The summed E-state index contributed by atoms with van der Waals surface area (Å²) in [5.74, 6) is -6.40. The van der Waals surface area contributed by atoms with Crippen molar-refractivity contribution in [3.8, 4) is 0 Å². The van der Waals surface area contributed by atoms with Crippen LogP contribution in [0.3, 0.4) is 0 Å². The van der Waals surface area contributed by atoms with Gasteiger partial charge in [-0.25, -0.2) is 4.79 Å². The van der Waals surface area contributed by atoms with Gasteiger partial charge in [-0.3, -0.25) is 14.4 Å². The van der Waals surface area contributed by atoms with Crippen LogP contribution in [0.15, 0.2) is 84.9 Å². The molecule has 39 heavy (non-hydrogen) atoms. The largest absolute Gasteiger partial charge is 0.465 e. The van der Waals surface area contributed by atoms with Crippen molar-refractivity contribution < 1.29 is 38.5 Å². The van der Waals surface area contributed by atoms with E-state index in [4.69, 9.17) is 14.2 Å². The fourth-order valence-electron chi connectivity index (χ4n) is 5.01.